The van der Waals surface area contributed by atoms with Crippen LogP contribution in [0.15, 0.2) is 59.7 Å². The Balaban J connectivity index is 1.17. The van der Waals surface area contributed by atoms with Gasteiger partial charge in [-0.05, 0) is 66.8 Å². The van der Waals surface area contributed by atoms with Crippen molar-refractivity contribution in [3.05, 3.63) is 65.9 Å². The van der Waals surface area contributed by atoms with Crippen molar-refractivity contribution in [2.24, 2.45) is 10.9 Å². The highest BCUT2D eigenvalue weighted by atomic mass is 16.5. The second kappa shape index (κ2) is 10.5. The largest absolute Gasteiger partial charge is 0.508 e. The number of nitrogens with one attached hydrogen (secondary N) is 1. The van der Waals surface area contributed by atoms with Crippen LogP contribution in [0.25, 0.3) is 11.1 Å². The summed E-state index contributed by atoms with van der Waals surface area (Å²) in [6.45, 7) is 4.49. The van der Waals surface area contributed by atoms with Gasteiger partial charge in [0.25, 0.3) is 5.91 Å². The van der Waals surface area contributed by atoms with E-state index in [-0.39, 0.29) is 17.8 Å². The number of carbonyl (C=O) groups excluding carboxylic acids is 1. The van der Waals surface area contributed by atoms with Gasteiger partial charge in [0.15, 0.2) is 0 Å². The van der Waals surface area contributed by atoms with E-state index in [1.165, 1.54) is 0 Å². The molecule has 2 aromatic carbocycles. The zero-order valence-electron chi connectivity index (χ0n) is 22.4. The molecule has 4 heterocycles. The third-order valence-electron chi connectivity index (χ3n) is 8.06. The number of anilines is 2. The lowest BCUT2D eigenvalue weighted by Crippen LogP contribution is -2.41. The number of piperidine rings is 1. The van der Waals surface area contributed by atoms with E-state index in [2.05, 4.69) is 25.1 Å². The van der Waals surface area contributed by atoms with Crippen molar-refractivity contribution in [2.75, 3.05) is 57.1 Å². The van der Waals surface area contributed by atoms with Crippen molar-refractivity contribution in [1.82, 2.24) is 14.8 Å². The molecule has 9 heteroatoms. The Bertz CT molecular complexity index is 1400. The third-order valence-corrected chi connectivity index (χ3v) is 8.06. The first kappa shape index (κ1) is 25.0. The minimum atomic E-state index is -0.294. The van der Waals surface area contributed by atoms with Gasteiger partial charge in [-0.3, -0.25) is 9.79 Å². The van der Waals surface area contributed by atoms with Gasteiger partial charge in [-0.15, -0.1) is 0 Å². The van der Waals surface area contributed by atoms with E-state index < -0.39 is 0 Å². The molecule has 3 aliphatic rings. The molecular formula is C30H34N6O3. The quantitative estimate of drug-likeness (QED) is 0.497. The molecule has 3 aliphatic heterocycles. The predicted octanol–water partition coefficient (Wildman–Crippen LogP) is 4.22. The Hall–Kier alpha value is -4.27. The minimum absolute atomic E-state index is 0.0735. The van der Waals surface area contributed by atoms with Crippen LogP contribution in [0.2, 0.25) is 0 Å². The maximum Gasteiger partial charge on any atom is 0.253 e. The lowest BCUT2D eigenvalue weighted by Gasteiger charge is -2.33. The summed E-state index contributed by atoms with van der Waals surface area (Å²) in [6.07, 6.45) is 5.39. The molecule has 1 fully saturated rings. The first-order chi connectivity index (χ1) is 19.0. The van der Waals surface area contributed by atoms with Crippen LogP contribution in [-0.4, -0.2) is 79.0 Å². The molecular weight excluding hydrogens is 492 g/mol. The van der Waals surface area contributed by atoms with E-state index >= 15 is 0 Å². The fourth-order valence-corrected chi connectivity index (χ4v) is 5.85. The fraction of sp³-hybridized carbons (Fsp3) is 0.367. The van der Waals surface area contributed by atoms with Crippen LogP contribution in [0.4, 0.5) is 11.4 Å². The summed E-state index contributed by atoms with van der Waals surface area (Å²) < 4.78 is 5.45. The second-order valence-corrected chi connectivity index (χ2v) is 10.5. The number of ether oxygens (including phenoxy) is 1. The molecule has 1 unspecified atom stereocenters. The van der Waals surface area contributed by atoms with Crippen LogP contribution in [0.1, 0.15) is 34.9 Å². The summed E-state index contributed by atoms with van der Waals surface area (Å²) >= 11 is 0. The average molecular weight is 527 g/mol. The molecule has 0 saturated carbocycles. The molecule has 1 amide bonds. The van der Waals surface area contributed by atoms with Gasteiger partial charge in [-0.1, -0.05) is 6.07 Å². The summed E-state index contributed by atoms with van der Waals surface area (Å²) in [5.41, 5.74) is 5.02. The van der Waals surface area contributed by atoms with Gasteiger partial charge in [0, 0.05) is 56.1 Å². The summed E-state index contributed by atoms with van der Waals surface area (Å²) in [5, 5.41) is 14.3. The number of aromatic nitrogens is 1. The number of benzene rings is 2. The van der Waals surface area contributed by atoms with Crippen LogP contribution >= 0.6 is 0 Å². The van der Waals surface area contributed by atoms with Gasteiger partial charge in [-0.2, -0.15) is 0 Å². The number of methoxy groups -OCH3 is 1. The Morgan fingerprint density at radius 2 is 1.97 bits per heavy atom. The zero-order chi connectivity index (χ0) is 26.9. The van der Waals surface area contributed by atoms with Crippen molar-refractivity contribution in [1.29, 1.82) is 0 Å². The number of likely N-dealkylation sites (tertiary alicyclic amines) is 1. The molecule has 9 nitrogen and oxygen atoms in total. The molecule has 1 atom stereocenters. The summed E-state index contributed by atoms with van der Waals surface area (Å²) in [4.78, 5) is 28.4. The van der Waals surface area contributed by atoms with E-state index in [1.807, 2.05) is 60.8 Å². The van der Waals surface area contributed by atoms with Crippen LogP contribution in [0.3, 0.4) is 0 Å². The van der Waals surface area contributed by atoms with E-state index in [0.29, 0.717) is 17.4 Å². The molecule has 0 bridgehead atoms. The van der Waals surface area contributed by atoms with E-state index in [0.717, 1.165) is 73.6 Å². The molecule has 0 radical (unpaired) electrons. The number of pyridine rings is 1. The predicted molar refractivity (Wildman–Crippen MR) is 153 cm³/mol. The molecule has 3 aromatic rings. The highest BCUT2D eigenvalue weighted by Gasteiger charge is 2.31. The fourth-order valence-electron chi connectivity index (χ4n) is 5.85. The third kappa shape index (κ3) is 4.84. The van der Waals surface area contributed by atoms with Gasteiger partial charge in [0.2, 0.25) is 5.88 Å². The molecule has 0 aliphatic carbocycles. The first-order valence-electron chi connectivity index (χ1n) is 13.5. The second-order valence-electron chi connectivity index (χ2n) is 10.5. The number of hydrogen-bond acceptors (Lipinski definition) is 8. The first-order valence-corrected chi connectivity index (χ1v) is 13.5. The van der Waals surface area contributed by atoms with Gasteiger partial charge in [0.05, 0.1) is 31.4 Å². The lowest BCUT2D eigenvalue weighted by molar-refractivity contribution is 0.0682. The number of fused-ring (bicyclic) bond motifs is 1. The number of hydrogen-bond donors (Lipinski definition) is 2. The van der Waals surface area contributed by atoms with Gasteiger partial charge in [0.1, 0.15) is 11.9 Å². The normalized spacial score (nSPS) is 18.8. The van der Waals surface area contributed by atoms with Crippen LogP contribution in [0.5, 0.6) is 11.6 Å². The van der Waals surface area contributed by atoms with Crippen LogP contribution in [0, 0.1) is 5.92 Å². The number of aliphatic imine (C=N–C) groups is 1. The smallest absolute Gasteiger partial charge is 0.253 e. The molecule has 202 valence electrons. The molecule has 1 saturated heterocycles. The number of rotatable bonds is 6. The Morgan fingerprint density at radius 1 is 1.13 bits per heavy atom. The van der Waals surface area contributed by atoms with E-state index in [1.54, 1.807) is 19.4 Å². The van der Waals surface area contributed by atoms with Crippen molar-refractivity contribution in [2.45, 2.75) is 19.0 Å². The SMILES string of the molecule is COc1ncccc1-c1ccc(O)c(C2Nc3ccc(C(=O)N4CCC(CN5C=NCC5)CC4)cc3N2C)c1. The Kier molecular flexibility index (Phi) is 6.72. The molecule has 6 rings (SSSR count). The number of aromatic hydroxyl groups is 1. The monoisotopic (exact) mass is 526 g/mol. The van der Waals surface area contributed by atoms with Crippen LogP contribution in [-0.2, 0) is 0 Å². The van der Waals surface area contributed by atoms with Crippen LogP contribution < -0.4 is 15.0 Å². The van der Waals surface area contributed by atoms with Gasteiger partial charge >= 0.3 is 0 Å². The van der Waals surface area contributed by atoms with Gasteiger partial charge in [-0.25, -0.2) is 4.98 Å². The lowest BCUT2D eigenvalue weighted by atomic mass is 9.95. The van der Waals surface area contributed by atoms with E-state index in [4.69, 9.17) is 4.74 Å². The number of nitrogens with zero attached hydrogens (tertiary/aromatic N) is 5. The van der Waals surface area contributed by atoms with Gasteiger partial charge < -0.3 is 29.9 Å². The van der Waals surface area contributed by atoms with Crippen molar-refractivity contribution < 1.29 is 14.6 Å². The van der Waals surface area contributed by atoms with Crippen molar-refractivity contribution in [3.63, 3.8) is 0 Å². The maximum atomic E-state index is 13.4. The summed E-state index contributed by atoms with van der Waals surface area (Å²) in [7, 11) is 3.57. The number of carbonyl (C=O) groups is 1. The standard InChI is InChI=1S/C30H34N6O3/c1-34-26-17-22(30(38)36-13-9-20(10-14-36)18-35-15-12-31-19-35)5-7-25(26)33-28(34)24-16-21(6-8-27(24)37)23-4-3-11-32-29(23)39-2/h3-8,11,16-17,19-20,28,33,37H,9-10,12-15,18H2,1-2H3. The molecule has 0 spiro atoms. The minimum Gasteiger partial charge on any atom is -0.508 e. The summed E-state index contributed by atoms with van der Waals surface area (Å²) in [5.74, 6) is 1.40. The Morgan fingerprint density at radius 3 is 2.74 bits per heavy atom. The topological polar surface area (TPSA) is 93.5 Å². The summed E-state index contributed by atoms with van der Waals surface area (Å²) in [6, 6.07) is 15.1. The molecule has 2 N–H and O–H groups in total. The number of phenols is 1. The van der Waals surface area contributed by atoms with Crippen molar-refractivity contribution >= 4 is 23.6 Å². The molecule has 1 aromatic heterocycles. The highest BCUT2D eigenvalue weighted by molar-refractivity contribution is 5.97. The Labute approximate surface area is 228 Å². The number of phenolic OH excluding ortho intramolecular Hbond substituents is 1. The zero-order valence-corrected chi connectivity index (χ0v) is 22.4. The maximum absolute atomic E-state index is 13.4. The molecule has 39 heavy (non-hydrogen) atoms. The van der Waals surface area contributed by atoms with E-state index in [9.17, 15) is 9.90 Å². The number of amides is 1. The van der Waals surface area contributed by atoms with Crippen molar-refractivity contribution in [3.8, 4) is 22.8 Å². The average Bonchev–Trinajstić information content (AvgIpc) is 3.60. The highest BCUT2D eigenvalue weighted by Crippen LogP contribution is 2.44.